The van der Waals surface area contributed by atoms with Crippen molar-refractivity contribution in [2.45, 2.75) is 0 Å². The fourth-order valence-corrected chi connectivity index (χ4v) is 3.16. The molecule has 2 aromatic carbocycles. The molecule has 10 nitrogen and oxygen atoms in total. The van der Waals surface area contributed by atoms with Crippen LogP contribution in [0.1, 0.15) is 5.56 Å². The Bertz CT molecular complexity index is 1270. The van der Waals surface area contributed by atoms with Crippen LogP contribution in [0.4, 0.5) is 11.6 Å². The summed E-state index contributed by atoms with van der Waals surface area (Å²) in [5.74, 6) is 0.0172. The van der Waals surface area contributed by atoms with Crippen molar-refractivity contribution in [1.29, 1.82) is 0 Å². The van der Waals surface area contributed by atoms with Crippen LogP contribution < -0.4 is 5.43 Å². The van der Waals surface area contributed by atoms with E-state index < -0.39 is 4.92 Å². The van der Waals surface area contributed by atoms with Gasteiger partial charge in [0.25, 0.3) is 11.6 Å². The van der Waals surface area contributed by atoms with E-state index in [0.29, 0.717) is 11.2 Å². The number of nitrogens with zero attached hydrogens (tertiary/aromatic N) is 6. The highest BCUT2D eigenvalue weighted by Gasteiger charge is 2.13. The lowest BCUT2D eigenvalue weighted by atomic mass is 10.2. The van der Waals surface area contributed by atoms with Crippen LogP contribution in [0.15, 0.2) is 46.0 Å². The summed E-state index contributed by atoms with van der Waals surface area (Å²) < 4.78 is 2.82. The minimum Gasteiger partial charge on any atom is -0.507 e. The summed E-state index contributed by atoms with van der Waals surface area (Å²) in [6.07, 6.45) is 1.24. The molecule has 140 valence electrons. The standard InChI is InChI=1S/C17H12BrN7O3/c1-24-13-4-2-10(18)7-12(13)15-16(24)20-17(23-21-15)22-19-8-9-6-11(25(27)28)3-5-14(9)26/h2-8,26H,1H3,(H,20,22,23). The van der Waals surface area contributed by atoms with E-state index in [1.807, 2.05) is 29.8 Å². The van der Waals surface area contributed by atoms with Gasteiger partial charge in [-0.05, 0) is 24.3 Å². The Morgan fingerprint density at radius 3 is 2.89 bits per heavy atom. The first-order chi connectivity index (χ1) is 13.4. The van der Waals surface area contributed by atoms with Crippen LogP contribution in [0.25, 0.3) is 22.1 Å². The number of phenols is 1. The highest BCUT2D eigenvalue weighted by molar-refractivity contribution is 9.10. The van der Waals surface area contributed by atoms with Crippen LogP contribution in [0.5, 0.6) is 5.75 Å². The van der Waals surface area contributed by atoms with Crippen molar-refractivity contribution >= 4 is 55.8 Å². The van der Waals surface area contributed by atoms with Crippen molar-refractivity contribution in [2.24, 2.45) is 12.1 Å². The average molecular weight is 442 g/mol. The fraction of sp³-hybridized carbons (Fsp3) is 0.0588. The number of aromatic nitrogens is 4. The normalized spacial score (nSPS) is 11.5. The molecule has 0 radical (unpaired) electrons. The largest absolute Gasteiger partial charge is 0.507 e. The quantitative estimate of drug-likeness (QED) is 0.282. The van der Waals surface area contributed by atoms with Crippen molar-refractivity contribution < 1.29 is 10.0 Å². The molecule has 0 aliphatic carbocycles. The molecule has 0 saturated heterocycles. The Hall–Kier alpha value is -3.60. The molecule has 4 rings (SSSR count). The van der Waals surface area contributed by atoms with Gasteiger partial charge in [0, 0.05) is 34.6 Å². The Kier molecular flexibility index (Phi) is 4.35. The van der Waals surface area contributed by atoms with Gasteiger partial charge in [-0.3, -0.25) is 10.1 Å². The maximum atomic E-state index is 10.8. The lowest BCUT2D eigenvalue weighted by Crippen LogP contribution is -2.01. The lowest BCUT2D eigenvalue weighted by molar-refractivity contribution is -0.384. The Balaban J connectivity index is 1.65. The first kappa shape index (κ1) is 17.8. The van der Waals surface area contributed by atoms with E-state index >= 15 is 0 Å². The van der Waals surface area contributed by atoms with Crippen LogP contribution in [0.3, 0.4) is 0 Å². The minimum atomic E-state index is -0.552. The molecule has 0 saturated carbocycles. The number of non-ortho nitro benzene ring substituents is 1. The fourth-order valence-electron chi connectivity index (χ4n) is 2.80. The van der Waals surface area contributed by atoms with Crippen LogP contribution in [0, 0.1) is 10.1 Å². The second-order valence-electron chi connectivity index (χ2n) is 5.90. The third kappa shape index (κ3) is 3.11. The third-order valence-corrected chi connectivity index (χ3v) is 4.64. The smallest absolute Gasteiger partial charge is 0.270 e. The average Bonchev–Trinajstić information content (AvgIpc) is 2.94. The van der Waals surface area contributed by atoms with Gasteiger partial charge in [-0.15, -0.1) is 10.2 Å². The number of aryl methyl sites for hydroxylation is 1. The van der Waals surface area contributed by atoms with E-state index in [9.17, 15) is 15.2 Å². The Morgan fingerprint density at radius 2 is 2.11 bits per heavy atom. The van der Waals surface area contributed by atoms with E-state index in [-0.39, 0.29) is 22.9 Å². The first-order valence-electron chi connectivity index (χ1n) is 7.99. The van der Waals surface area contributed by atoms with Crippen molar-refractivity contribution in [1.82, 2.24) is 19.7 Å². The minimum absolute atomic E-state index is 0.134. The van der Waals surface area contributed by atoms with Gasteiger partial charge < -0.3 is 9.67 Å². The molecule has 0 spiro atoms. The number of phenolic OH excluding ortho intramolecular Hbond substituents is 1. The summed E-state index contributed by atoms with van der Waals surface area (Å²) in [5, 5.41) is 33.7. The number of hydrazone groups is 1. The number of anilines is 1. The highest BCUT2D eigenvalue weighted by Crippen LogP contribution is 2.28. The van der Waals surface area contributed by atoms with E-state index in [4.69, 9.17) is 0 Å². The molecule has 2 N–H and O–H groups in total. The van der Waals surface area contributed by atoms with Gasteiger partial charge in [0.05, 0.1) is 16.7 Å². The zero-order chi connectivity index (χ0) is 19.8. The molecule has 0 fully saturated rings. The zero-order valence-electron chi connectivity index (χ0n) is 14.4. The SMILES string of the molecule is Cn1c2ccc(Br)cc2c2nnc(NN=Cc3cc([N+](=O)[O-])ccc3O)nc21. The summed E-state index contributed by atoms with van der Waals surface area (Å²) >= 11 is 3.45. The highest BCUT2D eigenvalue weighted by atomic mass is 79.9. The molecular formula is C17H12BrN7O3. The van der Waals surface area contributed by atoms with Gasteiger partial charge in [0.1, 0.15) is 11.3 Å². The van der Waals surface area contributed by atoms with E-state index in [2.05, 4.69) is 41.6 Å². The van der Waals surface area contributed by atoms with Crippen LogP contribution >= 0.6 is 15.9 Å². The second-order valence-corrected chi connectivity index (χ2v) is 6.81. The molecule has 0 bridgehead atoms. The first-order valence-corrected chi connectivity index (χ1v) is 8.78. The number of nitro benzene ring substituents is 1. The maximum absolute atomic E-state index is 10.8. The number of fused-ring (bicyclic) bond motifs is 3. The number of aromatic hydroxyl groups is 1. The number of nitrogens with one attached hydrogen (secondary N) is 1. The second kappa shape index (κ2) is 6.85. The number of halogens is 1. The summed E-state index contributed by atoms with van der Waals surface area (Å²) in [7, 11) is 1.88. The predicted octanol–water partition coefficient (Wildman–Crippen LogP) is 3.34. The van der Waals surface area contributed by atoms with Crippen LogP contribution in [-0.4, -0.2) is 36.0 Å². The van der Waals surface area contributed by atoms with Crippen molar-refractivity contribution in [2.75, 3.05) is 5.43 Å². The van der Waals surface area contributed by atoms with Crippen molar-refractivity contribution in [3.8, 4) is 5.75 Å². The number of hydrogen-bond acceptors (Lipinski definition) is 8. The molecule has 11 heteroatoms. The molecular weight excluding hydrogens is 430 g/mol. The van der Waals surface area contributed by atoms with E-state index in [0.717, 1.165) is 15.4 Å². The monoisotopic (exact) mass is 441 g/mol. The summed E-state index contributed by atoms with van der Waals surface area (Å²) in [5.41, 5.74) is 4.90. The number of benzene rings is 2. The Labute approximate surface area is 165 Å². The Morgan fingerprint density at radius 1 is 1.29 bits per heavy atom. The predicted molar refractivity (Wildman–Crippen MR) is 107 cm³/mol. The van der Waals surface area contributed by atoms with Crippen LogP contribution in [0.2, 0.25) is 0 Å². The molecule has 2 aromatic heterocycles. The molecule has 0 aliphatic heterocycles. The number of hydrogen-bond donors (Lipinski definition) is 2. The topological polar surface area (TPSA) is 131 Å². The van der Waals surface area contributed by atoms with Gasteiger partial charge >= 0.3 is 0 Å². The molecule has 0 atom stereocenters. The molecule has 0 aliphatic rings. The van der Waals surface area contributed by atoms with E-state index in [1.54, 1.807) is 0 Å². The van der Waals surface area contributed by atoms with Gasteiger partial charge in [-0.25, -0.2) is 5.43 Å². The molecule has 4 aromatic rings. The number of nitro groups is 1. The van der Waals surface area contributed by atoms with Crippen LogP contribution in [-0.2, 0) is 7.05 Å². The van der Waals surface area contributed by atoms with E-state index in [1.165, 1.54) is 24.4 Å². The molecule has 28 heavy (non-hydrogen) atoms. The van der Waals surface area contributed by atoms with Gasteiger partial charge in [-0.2, -0.15) is 10.1 Å². The summed E-state index contributed by atoms with van der Waals surface area (Å²) in [6.45, 7) is 0. The molecule has 0 unspecified atom stereocenters. The van der Waals surface area contributed by atoms with Crippen molar-refractivity contribution in [3.05, 3.63) is 56.5 Å². The van der Waals surface area contributed by atoms with Gasteiger partial charge in [0.15, 0.2) is 5.65 Å². The molecule has 2 heterocycles. The third-order valence-electron chi connectivity index (χ3n) is 4.15. The maximum Gasteiger partial charge on any atom is 0.270 e. The van der Waals surface area contributed by atoms with Gasteiger partial charge in [0.2, 0.25) is 0 Å². The lowest BCUT2D eigenvalue weighted by Gasteiger charge is -2.00. The summed E-state index contributed by atoms with van der Waals surface area (Å²) in [4.78, 5) is 14.7. The van der Waals surface area contributed by atoms with Crippen molar-refractivity contribution in [3.63, 3.8) is 0 Å². The molecule has 0 amide bonds. The zero-order valence-corrected chi connectivity index (χ0v) is 16.0. The van der Waals surface area contributed by atoms with Gasteiger partial charge in [-0.1, -0.05) is 15.9 Å². The summed E-state index contributed by atoms with van der Waals surface area (Å²) in [6, 6.07) is 9.49. The number of rotatable bonds is 4.